The highest BCUT2D eigenvalue weighted by Crippen LogP contribution is 2.33. The number of nitrogen functional groups attached to an aromatic ring is 1. The zero-order chi connectivity index (χ0) is 22.0. The molecule has 0 unspecified atom stereocenters. The average molecular weight is 420 g/mol. The minimum Gasteiger partial charge on any atom is -0.399 e. The van der Waals surface area contributed by atoms with Crippen LogP contribution in [0.1, 0.15) is 21.5 Å². The van der Waals surface area contributed by atoms with Gasteiger partial charge in [0.05, 0.1) is 5.56 Å². The molecular formula is C25H19F3N2O. The van der Waals surface area contributed by atoms with Gasteiger partial charge in [-0.25, -0.2) is 0 Å². The molecule has 0 radical (unpaired) electrons. The van der Waals surface area contributed by atoms with E-state index in [2.05, 4.69) is 5.32 Å². The van der Waals surface area contributed by atoms with E-state index in [1.54, 1.807) is 24.3 Å². The van der Waals surface area contributed by atoms with Crippen LogP contribution >= 0.6 is 0 Å². The summed E-state index contributed by atoms with van der Waals surface area (Å²) in [5, 5.41) is 4.56. The van der Waals surface area contributed by atoms with Gasteiger partial charge in [0.1, 0.15) is 0 Å². The largest absolute Gasteiger partial charge is 0.416 e. The summed E-state index contributed by atoms with van der Waals surface area (Å²) < 4.78 is 38.5. The molecule has 31 heavy (non-hydrogen) atoms. The van der Waals surface area contributed by atoms with Crippen molar-refractivity contribution in [1.82, 2.24) is 5.32 Å². The van der Waals surface area contributed by atoms with Crippen molar-refractivity contribution >= 4 is 22.4 Å². The summed E-state index contributed by atoms with van der Waals surface area (Å²) in [6, 6.07) is 23.2. The molecule has 0 saturated heterocycles. The van der Waals surface area contributed by atoms with E-state index in [0.29, 0.717) is 23.4 Å². The number of anilines is 1. The zero-order valence-corrected chi connectivity index (χ0v) is 16.4. The first-order valence-corrected chi connectivity index (χ1v) is 9.64. The fraction of sp³-hybridized carbons (Fsp3) is 0.0800. The second-order valence-corrected chi connectivity index (χ2v) is 7.24. The summed E-state index contributed by atoms with van der Waals surface area (Å²) in [5.41, 5.74) is 8.59. The topological polar surface area (TPSA) is 55.1 Å². The smallest absolute Gasteiger partial charge is 0.399 e. The highest BCUT2D eigenvalue weighted by Gasteiger charge is 2.30. The fourth-order valence-electron chi connectivity index (χ4n) is 3.50. The molecule has 0 aliphatic carbocycles. The van der Waals surface area contributed by atoms with Crippen LogP contribution in [0.15, 0.2) is 84.9 Å². The molecule has 1 amide bonds. The van der Waals surface area contributed by atoms with Gasteiger partial charge in [-0.1, -0.05) is 48.5 Å². The monoisotopic (exact) mass is 420 g/mol. The SMILES string of the molecule is Nc1cccc(CNC(=O)c2ccc3c(-c4ccc(C(F)(F)F)cc4)cccc3c2)c1. The summed E-state index contributed by atoms with van der Waals surface area (Å²) in [6.45, 7) is 0.355. The number of nitrogens with one attached hydrogen (secondary N) is 1. The molecule has 156 valence electrons. The average Bonchev–Trinajstić information content (AvgIpc) is 2.76. The van der Waals surface area contributed by atoms with Gasteiger partial charge in [-0.05, 0) is 63.9 Å². The van der Waals surface area contributed by atoms with E-state index in [4.69, 9.17) is 5.73 Å². The third kappa shape index (κ3) is 4.53. The first kappa shape index (κ1) is 20.5. The molecule has 0 bridgehead atoms. The Morgan fingerprint density at radius 3 is 2.32 bits per heavy atom. The molecule has 4 aromatic carbocycles. The standard InChI is InChI=1S/C25H19F3N2O/c26-25(27,28)20-10-7-17(8-11-20)22-6-2-4-18-14-19(9-12-23(18)22)24(31)30-15-16-3-1-5-21(29)13-16/h1-14H,15,29H2,(H,30,31). The van der Waals surface area contributed by atoms with E-state index in [1.165, 1.54) is 12.1 Å². The summed E-state index contributed by atoms with van der Waals surface area (Å²) in [5.74, 6) is -0.218. The first-order chi connectivity index (χ1) is 14.8. The number of fused-ring (bicyclic) bond motifs is 1. The lowest BCUT2D eigenvalue weighted by molar-refractivity contribution is -0.137. The van der Waals surface area contributed by atoms with Crippen LogP contribution in [0.2, 0.25) is 0 Å². The molecular weight excluding hydrogens is 401 g/mol. The zero-order valence-electron chi connectivity index (χ0n) is 16.4. The van der Waals surface area contributed by atoms with Crippen LogP contribution in [0.5, 0.6) is 0 Å². The van der Waals surface area contributed by atoms with Crippen LogP contribution in [-0.2, 0) is 12.7 Å². The maximum atomic E-state index is 12.8. The minimum atomic E-state index is -4.37. The normalized spacial score (nSPS) is 11.5. The van der Waals surface area contributed by atoms with E-state index in [0.717, 1.165) is 34.0 Å². The molecule has 6 heteroatoms. The second-order valence-electron chi connectivity index (χ2n) is 7.24. The minimum absolute atomic E-state index is 0.218. The Morgan fingerprint density at radius 2 is 1.61 bits per heavy atom. The highest BCUT2D eigenvalue weighted by atomic mass is 19.4. The van der Waals surface area contributed by atoms with E-state index in [-0.39, 0.29) is 5.91 Å². The van der Waals surface area contributed by atoms with Crippen LogP contribution in [0.3, 0.4) is 0 Å². The predicted octanol–water partition coefficient (Wildman–Crippen LogP) is 6.04. The molecule has 4 aromatic rings. The van der Waals surface area contributed by atoms with Crippen molar-refractivity contribution in [2.45, 2.75) is 12.7 Å². The Morgan fingerprint density at radius 1 is 0.871 bits per heavy atom. The van der Waals surface area contributed by atoms with Gasteiger partial charge in [-0.2, -0.15) is 13.2 Å². The third-order valence-electron chi connectivity index (χ3n) is 5.07. The summed E-state index contributed by atoms with van der Waals surface area (Å²) in [4.78, 5) is 12.6. The molecule has 0 atom stereocenters. The van der Waals surface area contributed by atoms with Crippen LogP contribution in [0, 0.1) is 0 Å². The molecule has 0 aliphatic rings. The Kier molecular flexibility index (Phi) is 5.38. The third-order valence-corrected chi connectivity index (χ3v) is 5.07. The van der Waals surface area contributed by atoms with Crippen LogP contribution in [0.4, 0.5) is 18.9 Å². The number of halogens is 3. The van der Waals surface area contributed by atoms with Gasteiger partial charge in [0.25, 0.3) is 5.91 Å². The van der Waals surface area contributed by atoms with E-state index < -0.39 is 11.7 Å². The Bertz CT molecular complexity index is 1250. The molecule has 3 nitrogen and oxygen atoms in total. The van der Waals surface area contributed by atoms with Crippen molar-refractivity contribution in [2.24, 2.45) is 0 Å². The van der Waals surface area contributed by atoms with Gasteiger partial charge in [0, 0.05) is 17.8 Å². The number of carbonyl (C=O) groups excluding carboxylic acids is 1. The number of carbonyl (C=O) groups is 1. The van der Waals surface area contributed by atoms with E-state index in [9.17, 15) is 18.0 Å². The van der Waals surface area contributed by atoms with Gasteiger partial charge in [0.15, 0.2) is 0 Å². The summed E-state index contributed by atoms with van der Waals surface area (Å²) >= 11 is 0. The van der Waals surface area contributed by atoms with Crippen molar-refractivity contribution in [2.75, 3.05) is 5.73 Å². The van der Waals surface area contributed by atoms with Gasteiger partial charge in [-0.15, -0.1) is 0 Å². The molecule has 0 spiro atoms. The first-order valence-electron chi connectivity index (χ1n) is 9.64. The van der Waals surface area contributed by atoms with Gasteiger partial charge < -0.3 is 11.1 Å². The molecule has 0 fully saturated rings. The second kappa shape index (κ2) is 8.14. The lowest BCUT2D eigenvalue weighted by Crippen LogP contribution is -2.22. The van der Waals surface area contributed by atoms with Crippen molar-refractivity contribution in [1.29, 1.82) is 0 Å². The Balaban J connectivity index is 1.58. The van der Waals surface area contributed by atoms with Gasteiger partial charge in [-0.3, -0.25) is 4.79 Å². The van der Waals surface area contributed by atoms with Crippen molar-refractivity contribution in [3.05, 3.63) is 102 Å². The maximum absolute atomic E-state index is 12.8. The molecule has 4 rings (SSSR count). The number of alkyl halides is 3. The van der Waals surface area contributed by atoms with Crippen molar-refractivity contribution < 1.29 is 18.0 Å². The Hall–Kier alpha value is -3.80. The van der Waals surface area contributed by atoms with Gasteiger partial charge in [0.2, 0.25) is 0 Å². The van der Waals surface area contributed by atoms with Crippen molar-refractivity contribution in [3.63, 3.8) is 0 Å². The maximum Gasteiger partial charge on any atom is 0.416 e. The van der Waals surface area contributed by atoms with Crippen LogP contribution < -0.4 is 11.1 Å². The van der Waals surface area contributed by atoms with Crippen molar-refractivity contribution in [3.8, 4) is 11.1 Å². The van der Waals surface area contributed by atoms with Crippen LogP contribution in [0.25, 0.3) is 21.9 Å². The number of hydrogen-bond donors (Lipinski definition) is 2. The molecule has 0 aromatic heterocycles. The Labute approximate surface area is 177 Å². The fourth-order valence-corrected chi connectivity index (χ4v) is 3.50. The van der Waals surface area contributed by atoms with E-state index in [1.807, 2.05) is 36.4 Å². The molecule has 0 heterocycles. The summed E-state index contributed by atoms with van der Waals surface area (Å²) in [7, 11) is 0. The van der Waals surface area contributed by atoms with E-state index >= 15 is 0 Å². The lowest BCUT2D eigenvalue weighted by Gasteiger charge is -2.11. The molecule has 0 aliphatic heterocycles. The van der Waals surface area contributed by atoms with Crippen LogP contribution in [-0.4, -0.2) is 5.91 Å². The molecule has 0 saturated carbocycles. The quantitative estimate of drug-likeness (QED) is 0.396. The van der Waals surface area contributed by atoms with Gasteiger partial charge >= 0.3 is 6.18 Å². The number of amides is 1. The molecule has 3 N–H and O–H groups in total. The number of hydrogen-bond acceptors (Lipinski definition) is 2. The number of benzene rings is 4. The number of nitrogens with two attached hydrogens (primary N) is 1. The lowest BCUT2D eigenvalue weighted by atomic mass is 9.96. The number of rotatable bonds is 4. The highest BCUT2D eigenvalue weighted by molar-refractivity contribution is 6.02. The summed E-state index contributed by atoms with van der Waals surface area (Å²) in [6.07, 6.45) is -4.37. The predicted molar refractivity (Wildman–Crippen MR) is 116 cm³/mol.